The molecule has 0 saturated heterocycles. The fraction of sp³-hybridized carbons (Fsp3) is 0.200. The minimum Gasteiger partial charge on any atom is -0.379 e. The summed E-state index contributed by atoms with van der Waals surface area (Å²) in [5, 5.41) is 7.65. The van der Waals surface area contributed by atoms with Crippen LogP contribution in [0.1, 0.15) is 0 Å². The van der Waals surface area contributed by atoms with Gasteiger partial charge in [0.25, 0.3) is 0 Å². The Hall–Kier alpha value is -1.44. The van der Waals surface area contributed by atoms with Crippen LogP contribution in [0.25, 0.3) is 0 Å². The minimum absolute atomic E-state index is 0.207. The van der Waals surface area contributed by atoms with E-state index in [-0.39, 0.29) is 10.6 Å². The molecule has 0 heterocycles. The zero-order valence-corrected chi connectivity index (χ0v) is 9.87. The normalized spacial score (nSPS) is 11.9. The summed E-state index contributed by atoms with van der Waals surface area (Å²) in [6.07, 6.45) is 3.47. The van der Waals surface area contributed by atoms with Crippen LogP contribution >= 0.6 is 0 Å². The van der Waals surface area contributed by atoms with Gasteiger partial charge in [0.2, 0.25) is 10.0 Å². The lowest BCUT2D eigenvalue weighted by Gasteiger charge is -2.06. The highest BCUT2D eigenvalue weighted by molar-refractivity contribution is 7.89. The monoisotopic (exact) mass is 259 g/mol. The zero-order valence-electron chi connectivity index (χ0n) is 9.06. The van der Waals surface area contributed by atoms with Crippen molar-refractivity contribution in [2.24, 2.45) is 10.9 Å². The highest BCUT2D eigenvalue weighted by Crippen LogP contribution is 2.17. The Bertz CT molecular complexity index is 514. The molecule has 0 aliphatic carbocycles. The Morgan fingerprint density at radius 2 is 2.06 bits per heavy atom. The molecule has 0 saturated carbocycles. The molecule has 1 aromatic rings. The molecule has 5 N–H and O–H groups in total. The Morgan fingerprint density at radius 3 is 2.59 bits per heavy atom. The Morgan fingerprint density at radius 1 is 1.35 bits per heavy atom. The van der Waals surface area contributed by atoms with Crippen LogP contribution in [0, 0.1) is 5.82 Å². The fourth-order valence-corrected chi connectivity index (χ4v) is 1.69. The second kappa shape index (κ2) is 5.76. The Labute approximate surface area is 99.4 Å². The van der Waals surface area contributed by atoms with Crippen LogP contribution in [0.3, 0.4) is 0 Å². The topological polar surface area (TPSA) is 98.2 Å². The van der Waals surface area contributed by atoms with Gasteiger partial charge in [-0.25, -0.2) is 17.9 Å². The maximum atomic E-state index is 13.5. The Kier molecular flexibility index (Phi) is 4.62. The van der Waals surface area contributed by atoms with Crippen molar-refractivity contribution in [2.75, 3.05) is 18.4 Å². The number of hydrogen-bond donors (Lipinski definition) is 3. The van der Waals surface area contributed by atoms with E-state index in [4.69, 9.17) is 10.9 Å². The molecule has 1 rings (SSSR count). The molecular formula is C10H14FN3O2S. The van der Waals surface area contributed by atoms with E-state index in [2.05, 4.69) is 5.32 Å². The van der Waals surface area contributed by atoms with Gasteiger partial charge in [0.05, 0.1) is 10.6 Å². The largest absolute Gasteiger partial charge is 0.379 e. The lowest BCUT2D eigenvalue weighted by molar-refractivity contribution is 0.593. The third-order valence-electron chi connectivity index (χ3n) is 1.98. The smallest absolute Gasteiger partial charge is 0.238 e. The van der Waals surface area contributed by atoms with Crippen LogP contribution in [0.4, 0.5) is 10.1 Å². The minimum atomic E-state index is -3.87. The van der Waals surface area contributed by atoms with Crippen molar-refractivity contribution in [2.45, 2.75) is 4.90 Å². The van der Waals surface area contributed by atoms with E-state index in [9.17, 15) is 12.8 Å². The van der Waals surface area contributed by atoms with E-state index in [1.54, 1.807) is 12.2 Å². The van der Waals surface area contributed by atoms with E-state index in [0.29, 0.717) is 13.1 Å². The van der Waals surface area contributed by atoms with E-state index < -0.39 is 15.8 Å². The number of sulfonamides is 1. The lowest BCUT2D eigenvalue weighted by atomic mass is 10.3. The number of nitrogens with one attached hydrogen (secondary N) is 1. The molecule has 94 valence electrons. The van der Waals surface area contributed by atoms with Gasteiger partial charge in [0.15, 0.2) is 0 Å². The van der Waals surface area contributed by atoms with E-state index in [1.807, 2.05) is 0 Å². The highest BCUT2D eigenvalue weighted by Gasteiger charge is 2.10. The molecule has 0 amide bonds. The molecule has 0 atom stereocenters. The molecule has 0 bridgehead atoms. The lowest BCUT2D eigenvalue weighted by Crippen LogP contribution is -2.12. The van der Waals surface area contributed by atoms with Crippen LogP contribution in [-0.4, -0.2) is 21.5 Å². The number of halogens is 1. The zero-order chi connectivity index (χ0) is 12.9. The number of nitrogens with two attached hydrogens (primary N) is 2. The van der Waals surface area contributed by atoms with Crippen LogP contribution < -0.4 is 16.2 Å². The molecule has 0 unspecified atom stereocenters. The van der Waals surface area contributed by atoms with Crippen LogP contribution in [0.15, 0.2) is 35.2 Å². The summed E-state index contributed by atoms with van der Waals surface area (Å²) < 4.78 is 35.4. The van der Waals surface area contributed by atoms with Gasteiger partial charge in [0, 0.05) is 13.1 Å². The molecule has 1 aromatic carbocycles. The van der Waals surface area contributed by atoms with Gasteiger partial charge < -0.3 is 11.1 Å². The van der Waals surface area contributed by atoms with Crippen molar-refractivity contribution in [3.05, 3.63) is 36.2 Å². The van der Waals surface area contributed by atoms with Crippen LogP contribution in [-0.2, 0) is 10.0 Å². The predicted molar refractivity (Wildman–Crippen MR) is 64.5 cm³/mol. The van der Waals surface area contributed by atoms with Crippen molar-refractivity contribution < 1.29 is 12.8 Å². The molecule has 0 fully saturated rings. The number of primary sulfonamides is 1. The number of anilines is 1. The standard InChI is InChI=1S/C10H14FN3O2S/c11-9-7-8(17(13,15)16)3-4-10(9)14-6-2-1-5-12/h1-4,7,14H,5-6,12H2,(H2,13,15,16)/b2-1+. The first-order valence-electron chi connectivity index (χ1n) is 4.86. The quantitative estimate of drug-likeness (QED) is 0.666. The van der Waals surface area contributed by atoms with Gasteiger partial charge in [-0.1, -0.05) is 12.2 Å². The summed E-state index contributed by atoms with van der Waals surface area (Å²) in [6, 6.07) is 3.45. The third kappa shape index (κ3) is 4.14. The SMILES string of the molecule is NC/C=C/CNc1ccc(S(N)(=O)=O)cc1F. The van der Waals surface area contributed by atoms with Gasteiger partial charge in [-0.3, -0.25) is 0 Å². The second-order valence-corrected chi connectivity index (χ2v) is 4.84. The van der Waals surface area contributed by atoms with Crippen molar-refractivity contribution in [1.29, 1.82) is 0 Å². The van der Waals surface area contributed by atoms with Crippen molar-refractivity contribution in [3.63, 3.8) is 0 Å². The molecule has 0 aromatic heterocycles. The first-order chi connectivity index (χ1) is 7.95. The predicted octanol–water partition coefficient (Wildman–Crippen LogP) is 0.400. The van der Waals surface area contributed by atoms with Gasteiger partial charge in [-0.2, -0.15) is 0 Å². The van der Waals surface area contributed by atoms with E-state index in [0.717, 1.165) is 6.07 Å². The van der Waals surface area contributed by atoms with Crippen molar-refractivity contribution in [3.8, 4) is 0 Å². The van der Waals surface area contributed by atoms with E-state index in [1.165, 1.54) is 12.1 Å². The molecule has 17 heavy (non-hydrogen) atoms. The first kappa shape index (κ1) is 13.6. The summed E-state index contributed by atoms with van der Waals surface area (Å²) in [6.45, 7) is 0.817. The maximum absolute atomic E-state index is 13.5. The van der Waals surface area contributed by atoms with Gasteiger partial charge in [-0.05, 0) is 18.2 Å². The number of rotatable bonds is 5. The third-order valence-corrected chi connectivity index (χ3v) is 2.89. The maximum Gasteiger partial charge on any atom is 0.238 e. The summed E-state index contributed by atoms with van der Waals surface area (Å²) in [4.78, 5) is -0.252. The van der Waals surface area contributed by atoms with Crippen molar-refractivity contribution in [1.82, 2.24) is 0 Å². The summed E-state index contributed by atoms with van der Waals surface area (Å²) in [7, 11) is -3.87. The molecule has 7 heteroatoms. The Balaban J connectivity index is 2.80. The summed E-state index contributed by atoms with van der Waals surface area (Å²) in [5.41, 5.74) is 5.44. The second-order valence-electron chi connectivity index (χ2n) is 3.27. The molecule has 0 aliphatic heterocycles. The number of hydrogen-bond acceptors (Lipinski definition) is 4. The van der Waals surface area contributed by atoms with Crippen LogP contribution in [0.5, 0.6) is 0 Å². The van der Waals surface area contributed by atoms with Gasteiger partial charge in [0.1, 0.15) is 5.82 Å². The average molecular weight is 259 g/mol. The number of benzene rings is 1. The van der Waals surface area contributed by atoms with Gasteiger partial charge >= 0.3 is 0 Å². The van der Waals surface area contributed by atoms with Crippen molar-refractivity contribution >= 4 is 15.7 Å². The van der Waals surface area contributed by atoms with E-state index >= 15 is 0 Å². The highest BCUT2D eigenvalue weighted by atomic mass is 32.2. The molecule has 5 nitrogen and oxygen atoms in total. The molecule has 0 spiro atoms. The van der Waals surface area contributed by atoms with Crippen LogP contribution in [0.2, 0.25) is 0 Å². The first-order valence-corrected chi connectivity index (χ1v) is 6.41. The molecular weight excluding hydrogens is 245 g/mol. The fourth-order valence-electron chi connectivity index (χ4n) is 1.16. The summed E-state index contributed by atoms with van der Waals surface area (Å²) in [5.74, 6) is -0.669. The molecule has 0 aliphatic rings. The average Bonchev–Trinajstić information content (AvgIpc) is 2.24. The molecule has 0 radical (unpaired) electrons. The van der Waals surface area contributed by atoms with Gasteiger partial charge in [-0.15, -0.1) is 0 Å². The summed E-state index contributed by atoms with van der Waals surface area (Å²) >= 11 is 0.